The van der Waals surface area contributed by atoms with Crippen LogP contribution in [0, 0.1) is 6.92 Å². The maximum Gasteiger partial charge on any atom is 0.336 e. The van der Waals surface area contributed by atoms with Crippen molar-refractivity contribution < 1.29 is 29.4 Å². The SMILES string of the molecule is Cc1c(NC(=O)C(Sc2cccc(NC(=O)c3ccc(C(=O)O)cc3C(=O)O)c2)c2ccccc2)c(=O)n(-c2ccccc2)n1C. The Balaban J connectivity index is 1.41. The topological polar surface area (TPSA) is 160 Å². The molecule has 232 valence electrons. The lowest BCUT2D eigenvalue weighted by atomic mass is 10.0. The molecule has 1 unspecified atom stereocenters. The van der Waals surface area contributed by atoms with Gasteiger partial charge in [-0.15, -0.1) is 11.8 Å². The standard InChI is InChI=1S/C34H28N4O7S/c1-20-28(32(41)38(37(20)2)24-13-7-4-8-14-24)36-31(40)29(21-10-5-3-6-11-21)46-25-15-9-12-23(19-25)35-30(39)26-17-16-22(33(42)43)18-27(26)34(44)45/h3-19,29H,1-2H3,(H,35,39)(H,36,40)(H,42,43)(H,44,45). The molecule has 5 aromatic rings. The van der Waals surface area contributed by atoms with Crippen LogP contribution in [-0.2, 0) is 11.8 Å². The molecule has 1 atom stereocenters. The lowest BCUT2D eigenvalue weighted by Crippen LogP contribution is -2.25. The van der Waals surface area contributed by atoms with E-state index in [-0.39, 0.29) is 22.4 Å². The van der Waals surface area contributed by atoms with Crippen LogP contribution in [0.15, 0.2) is 113 Å². The maximum absolute atomic E-state index is 13.8. The van der Waals surface area contributed by atoms with Crippen LogP contribution in [0.25, 0.3) is 5.69 Å². The molecule has 0 bridgehead atoms. The summed E-state index contributed by atoms with van der Waals surface area (Å²) in [5, 5.41) is 23.5. The van der Waals surface area contributed by atoms with E-state index < -0.39 is 34.6 Å². The Hall–Kier alpha value is -5.88. The van der Waals surface area contributed by atoms with E-state index in [0.29, 0.717) is 27.5 Å². The van der Waals surface area contributed by atoms with Crippen molar-refractivity contribution in [3.8, 4) is 5.69 Å². The van der Waals surface area contributed by atoms with Gasteiger partial charge in [-0.3, -0.25) is 19.1 Å². The highest BCUT2D eigenvalue weighted by Crippen LogP contribution is 2.37. The second-order valence-electron chi connectivity index (χ2n) is 10.2. The van der Waals surface area contributed by atoms with E-state index in [2.05, 4.69) is 10.6 Å². The monoisotopic (exact) mass is 636 g/mol. The summed E-state index contributed by atoms with van der Waals surface area (Å²) in [6.45, 7) is 1.75. The minimum Gasteiger partial charge on any atom is -0.478 e. The molecule has 4 N–H and O–H groups in total. The Morgan fingerprint density at radius 1 is 0.761 bits per heavy atom. The third-order valence-electron chi connectivity index (χ3n) is 7.23. The fourth-order valence-electron chi connectivity index (χ4n) is 4.84. The number of thioether (sulfide) groups is 1. The number of anilines is 2. The van der Waals surface area contributed by atoms with Crippen LogP contribution < -0.4 is 16.2 Å². The third-order valence-corrected chi connectivity index (χ3v) is 8.48. The molecule has 0 spiro atoms. The summed E-state index contributed by atoms with van der Waals surface area (Å²) < 4.78 is 3.15. The fraction of sp³-hybridized carbons (Fsp3) is 0.0882. The number of amides is 2. The summed E-state index contributed by atoms with van der Waals surface area (Å²) in [6, 6.07) is 28.0. The number of nitrogens with zero attached hydrogens (tertiary/aromatic N) is 2. The number of carboxylic acids is 2. The largest absolute Gasteiger partial charge is 0.478 e. The van der Waals surface area contributed by atoms with Gasteiger partial charge >= 0.3 is 11.9 Å². The first-order chi connectivity index (χ1) is 22.0. The van der Waals surface area contributed by atoms with Crippen LogP contribution in [0.3, 0.4) is 0 Å². The number of nitrogens with one attached hydrogen (secondary N) is 2. The van der Waals surface area contributed by atoms with Crippen molar-refractivity contribution in [3.63, 3.8) is 0 Å². The highest BCUT2D eigenvalue weighted by Gasteiger charge is 2.26. The van der Waals surface area contributed by atoms with Crippen molar-refractivity contribution in [2.75, 3.05) is 10.6 Å². The molecule has 4 aromatic carbocycles. The van der Waals surface area contributed by atoms with Gasteiger partial charge in [0.2, 0.25) is 5.91 Å². The molecular weight excluding hydrogens is 608 g/mol. The quantitative estimate of drug-likeness (QED) is 0.144. The predicted octanol–water partition coefficient (Wildman–Crippen LogP) is 5.61. The molecule has 0 saturated carbocycles. The zero-order valence-corrected chi connectivity index (χ0v) is 25.4. The van der Waals surface area contributed by atoms with Crippen molar-refractivity contribution in [3.05, 3.63) is 141 Å². The Morgan fingerprint density at radius 3 is 2.09 bits per heavy atom. The molecule has 0 aliphatic rings. The summed E-state index contributed by atoms with van der Waals surface area (Å²) >= 11 is 1.20. The van der Waals surface area contributed by atoms with E-state index in [1.165, 1.54) is 16.4 Å². The minimum absolute atomic E-state index is 0.155. The summed E-state index contributed by atoms with van der Waals surface area (Å²) in [5.74, 6) is -3.94. The van der Waals surface area contributed by atoms with Crippen molar-refractivity contribution in [1.29, 1.82) is 0 Å². The summed E-state index contributed by atoms with van der Waals surface area (Å²) in [7, 11) is 1.74. The van der Waals surface area contributed by atoms with Gasteiger partial charge in [-0.2, -0.15) is 0 Å². The molecule has 0 saturated heterocycles. The van der Waals surface area contributed by atoms with Gasteiger partial charge in [0.1, 0.15) is 10.9 Å². The zero-order valence-electron chi connectivity index (χ0n) is 24.6. The Bertz CT molecular complexity index is 2020. The summed E-state index contributed by atoms with van der Waals surface area (Å²) in [6.07, 6.45) is 0. The number of aromatic carboxylic acids is 2. The fourth-order valence-corrected chi connectivity index (χ4v) is 5.92. The maximum atomic E-state index is 13.8. The smallest absolute Gasteiger partial charge is 0.336 e. The lowest BCUT2D eigenvalue weighted by Gasteiger charge is -2.17. The molecule has 0 aliphatic carbocycles. The van der Waals surface area contributed by atoms with Gasteiger partial charge in [-0.1, -0.05) is 54.6 Å². The first kappa shape index (κ1) is 31.5. The first-order valence-corrected chi connectivity index (χ1v) is 14.8. The Kier molecular flexibility index (Phi) is 9.19. The lowest BCUT2D eigenvalue weighted by molar-refractivity contribution is -0.115. The number of para-hydroxylation sites is 1. The van der Waals surface area contributed by atoms with Gasteiger partial charge in [0, 0.05) is 17.6 Å². The predicted molar refractivity (Wildman–Crippen MR) is 174 cm³/mol. The number of hydrogen-bond acceptors (Lipinski definition) is 6. The van der Waals surface area contributed by atoms with Crippen molar-refractivity contribution in [2.45, 2.75) is 17.1 Å². The second kappa shape index (κ2) is 13.4. The van der Waals surface area contributed by atoms with E-state index in [0.717, 1.165) is 18.2 Å². The highest BCUT2D eigenvalue weighted by atomic mass is 32.2. The van der Waals surface area contributed by atoms with Gasteiger partial charge in [0.05, 0.1) is 28.1 Å². The number of aromatic nitrogens is 2. The van der Waals surface area contributed by atoms with Gasteiger partial charge in [0.15, 0.2) is 0 Å². The van der Waals surface area contributed by atoms with Gasteiger partial charge < -0.3 is 20.8 Å². The van der Waals surface area contributed by atoms with E-state index in [1.807, 2.05) is 24.3 Å². The Morgan fingerprint density at radius 2 is 1.43 bits per heavy atom. The summed E-state index contributed by atoms with van der Waals surface area (Å²) in [4.78, 5) is 64.0. The van der Waals surface area contributed by atoms with Crippen LogP contribution in [0.4, 0.5) is 11.4 Å². The number of benzene rings is 4. The van der Waals surface area contributed by atoms with E-state index in [9.17, 15) is 34.2 Å². The second-order valence-corrected chi connectivity index (χ2v) is 11.4. The average Bonchev–Trinajstić information content (AvgIpc) is 3.26. The van der Waals surface area contributed by atoms with Crippen LogP contribution >= 0.6 is 11.8 Å². The molecule has 1 heterocycles. The molecular formula is C34H28N4O7S. The zero-order chi connectivity index (χ0) is 33.0. The number of hydrogen-bond donors (Lipinski definition) is 4. The molecule has 46 heavy (non-hydrogen) atoms. The third kappa shape index (κ3) is 6.61. The molecule has 1 aromatic heterocycles. The minimum atomic E-state index is -1.45. The highest BCUT2D eigenvalue weighted by molar-refractivity contribution is 8.00. The first-order valence-electron chi connectivity index (χ1n) is 13.9. The van der Waals surface area contributed by atoms with Gasteiger partial charge in [-0.05, 0) is 61.0 Å². The molecule has 12 heteroatoms. The number of carbonyl (C=O) groups excluding carboxylic acids is 2. The number of carbonyl (C=O) groups is 4. The normalized spacial score (nSPS) is 11.4. The average molecular weight is 637 g/mol. The van der Waals surface area contributed by atoms with Crippen molar-refractivity contribution in [1.82, 2.24) is 9.36 Å². The molecule has 0 radical (unpaired) electrons. The molecule has 0 aliphatic heterocycles. The van der Waals surface area contributed by atoms with Crippen LogP contribution in [0.1, 0.15) is 47.6 Å². The molecule has 5 rings (SSSR count). The van der Waals surface area contributed by atoms with Crippen LogP contribution in [0.2, 0.25) is 0 Å². The Labute approximate surface area is 267 Å². The van der Waals surface area contributed by atoms with E-state index in [1.54, 1.807) is 79.3 Å². The number of rotatable bonds is 10. The van der Waals surface area contributed by atoms with Crippen LogP contribution in [-0.4, -0.2) is 43.3 Å². The number of carboxylic acid groups (broad SMARTS) is 2. The van der Waals surface area contributed by atoms with E-state index in [4.69, 9.17) is 0 Å². The molecule has 11 nitrogen and oxygen atoms in total. The molecule has 0 fully saturated rings. The van der Waals surface area contributed by atoms with Crippen molar-refractivity contribution in [2.24, 2.45) is 7.05 Å². The van der Waals surface area contributed by atoms with E-state index >= 15 is 0 Å². The van der Waals surface area contributed by atoms with Gasteiger partial charge in [0.25, 0.3) is 11.5 Å². The molecule has 2 amide bonds. The van der Waals surface area contributed by atoms with Crippen LogP contribution in [0.5, 0.6) is 0 Å². The van der Waals surface area contributed by atoms with Crippen molar-refractivity contribution >= 4 is 46.9 Å². The van der Waals surface area contributed by atoms with Gasteiger partial charge in [-0.25, -0.2) is 14.3 Å². The summed E-state index contributed by atoms with van der Waals surface area (Å²) in [5.41, 5.74) is 1.08.